The first-order chi connectivity index (χ1) is 6.90. The molecule has 0 aliphatic heterocycles. The van der Waals surface area contributed by atoms with Gasteiger partial charge in [0, 0.05) is 18.6 Å². The third-order valence-corrected chi connectivity index (χ3v) is 1.71. The molecule has 0 saturated carbocycles. The maximum Gasteiger partial charge on any atom is 0.107 e. The summed E-state index contributed by atoms with van der Waals surface area (Å²) in [6.45, 7) is 0. The van der Waals surface area contributed by atoms with E-state index < -0.39 is 0 Å². The molecular formula is C10H6N4. The Morgan fingerprint density at radius 1 is 1.07 bits per heavy atom. The Morgan fingerprint density at radius 3 is 2.64 bits per heavy atom. The molecule has 0 unspecified atom stereocenters. The lowest BCUT2D eigenvalue weighted by Gasteiger charge is -1.97. The quantitative estimate of drug-likeness (QED) is 0.668. The summed E-state index contributed by atoms with van der Waals surface area (Å²) in [4.78, 5) is 12.1. The standard InChI is InChI=1S/C10H6N4/c11-6-8-1-2-13-9(5-8)10-7-12-3-4-14-10/h1-5,7H. The fourth-order valence-electron chi connectivity index (χ4n) is 1.07. The predicted molar refractivity (Wildman–Crippen MR) is 50.0 cm³/mol. The average molecular weight is 182 g/mol. The van der Waals surface area contributed by atoms with Crippen LogP contribution in [-0.4, -0.2) is 15.0 Å². The Hall–Kier alpha value is -2.28. The van der Waals surface area contributed by atoms with Gasteiger partial charge in [-0.3, -0.25) is 15.0 Å². The molecule has 0 spiro atoms. The molecule has 2 aromatic heterocycles. The van der Waals surface area contributed by atoms with Gasteiger partial charge in [0.05, 0.1) is 23.5 Å². The fraction of sp³-hybridized carbons (Fsp3) is 0. The van der Waals surface area contributed by atoms with Crippen molar-refractivity contribution in [1.29, 1.82) is 5.26 Å². The maximum atomic E-state index is 8.70. The van der Waals surface area contributed by atoms with Crippen LogP contribution in [0.4, 0.5) is 0 Å². The Labute approximate surface area is 80.9 Å². The third-order valence-electron chi connectivity index (χ3n) is 1.71. The molecule has 14 heavy (non-hydrogen) atoms. The van der Waals surface area contributed by atoms with Crippen molar-refractivity contribution >= 4 is 0 Å². The highest BCUT2D eigenvalue weighted by atomic mass is 14.8. The molecule has 2 aromatic rings. The van der Waals surface area contributed by atoms with Gasteiger partial charge in [-0.05, 0) is 12.1 Å². The van der Waals surface area contributed by atoms with E-state index in [1.807, 2.05) is 6.07 Å². The van der Waals surface area contributed by atoms with Crippen LogP contribution in [0.15, 0.2) is 36.9 Å². The highest BCUT2D eigenvalue weighted by molar-refractivity contribution is 5.54. The van der Waals surface area contributed by atoms with Crippen LogP contribution < -0.4 is 0 Å². The zero-order valence-corrected chi connectivity index (χ0v) is 7.25. The van der Waals surface area contributed by atoms with Crippen molar-refractivity contribution in [1.82, 2.24) is 15.0 Å². The van der Waals surface area contributed by atoms with E-state index in [0.717, 1.165) is 0 Å². The van der Waals surface area contributed by atoms with Crippen molar-refractivity contribution in [2.75, 3.05) is 0 Å². The molecule has 0 radical (unpaired) electrons. The summed E-state index contributed by atoms with van der Waals surface area (Å²) in [6.07, 6.45) is 6.39. The lowest BCUT2D eigenvalue weighted by atomic mass is 10.2. The minimum Gasteiger partial charge on any atom is -0.261 e. The lowest BCUT2D eigenvalue weighted by Crippen LogP contribution is -1.88. The number of nitrogens with zero attached hydrogens (tertiary/aromatic N) is 4. The van der Waals surface area contributed by atoms with Crippen LogP contribution >= 0.6 is 0 Å². The molecule has 0 saturated heterocycles. The van der Waals surface area contributed by atoms with E-state index in [9.17, 15) is 0 Å². The van der Waals surface area contributed by atoms with Gasteiger partial charge in [-0.1, -0.05) is 0 Å². The molecular weight excluding hydrogens is 176 g/mol. The molecule has 2 heterocycles. The number of aromatic nitrogens is 3. The fourth-order valence-corrected chi connectivity index (χ4v) is 1.07. The summed E-state index contributed by atoms with van der Waals surface area (Å²) >= 11 is 0. The zero-order valence-electron chi connectivity index (χ0n) is 7.25. The zero-order chi connectivity index (χ0) is 9.80. The van der Waals surface area contributed by atoms with Crippen molar-refractivity contribution in [3.63, 3.8) is 0 Å². The average Bonchev–Trinajstić information content (AvgIpc) is 2.30. The van der Waals surface area contributed by atoms with Crippen LogP contribution in [0.2, 0.25) is 0 Å². The van der Waals surface area contributed by atoms with E-state index in [0.29, 0.717) is 17.0 Å². The molecule has 0 aromatic carbocycles. The smallest absolute Gasteiger partial charge is 0.107 e. The van der Waals surface area contributed by atoms with Gasteiger partial charge in [0.2, 0.25) is 0 Å². The summed E-state index contributed by atoms with van der Waals surface area (Å²) in [5.74, 6) is 0. The molecule has 0 atom stereocenters. The molecule has 66 valence electrons. The van der Waals surface area contributed by atoms with Crippen molar-refractivity contribution in [3.05, 3.63) is 42.5 Å². The van der Waals surface area contributed by atoms with Gasteiger partial charge in [-0.25, -0.2) is 0 Å². The van der Waals surface area contributed by atoms with Gasteiger partial charge < -0.3 is 0 Å². The van der Waals surface area contributed by atoms with Crippen LogP contribution in [0.1, 0.15) is 5.56 Å². The molecule has 0 fully saturated rings. The molecule has 0 aliphatic rings. The second kappa shape index (κ2) is 3.62. The van der Waals surface area contributed by atoms with Crippen LogP contribution in [0.5, 0.6) is 0 Å². The van der Waals surface area contributed by atoms with E-state index in [1.165, 1.54) is 0 Å². The van der Waals surface area contributed by atoms with E-state index in [1.54, 1.807) is 36.9 Å². The molecule has 0 bridgehead atoms. The summed E-state index contributed by atoms with van der Waals surface area (Å²) in [7, 11) is 0. The van der Waals surface area contributed by atoms with E-state index in [-0.39, 0.29) is 0 Å². The van der Waals surface area contributed by atoms with Gasteiger partial charge in [0.25, 0.3) is 0 Å². The molecule has 4 heteroatoms. The van der Waals surface area contributed by atoms with E-state index in [2.05, 4.69) is 15.0 Å². The third kappa shape index (κ3) is 1.57. The van der Waals surface area contributed by atoms with Gasteiger partial charge >= 0.3 is 0 Å². The van der Waals surface area contributed by atoms with Crippen molar-refractivity contribution < 1.29 is 0 Å². The molecule has 4 nitrogen and oxygen atoms in total. The first-order valence-corrected chi connectivity index (χ1v) is 4.02. The topological polar surface area (TPSA) is 62.5 Å². The van der Waals surface area contributed by atoms with Crippen LogP contribution in [-0.2, 0) is 0 Å². The Morgan fingerprint density at radius 2 is 1.93 bits per heavy atom. The second-order valence-corrected chi connectivity index (χ2v) is 2.63. The van der Waals surface area contributed by atoms with Crippen LogP contribution in [0.25, 0.3) is 11.4 Å². The summed E-state index contributed by atoms with van der Waals surface area (Å²) in [5.41, 5.74) is 1.91. The number of pyridine rings is 1. The number of rotatable bonds is 1. The van der Waals surface area contributed by atoms with Crippen LogP contribution in [0.3, 0.4) is 0 Å². The minimum absolute atomic E-state index is 0.570. The largest absolute Gasteiger partial charge is 0.261 e. The Balaban J connectivity index is 2.49. The minimum atomic E-state index is 0.570. The first kappa shape index (κ1) is 8.32. The summed E-state index contributed by atoms with van der Waals surface area (Å²) in [6, 6.07) is 5.39. The van der Waals surface area contributed by atoms with Crippen molar-refractivity contribution in [2.45, 2.75) is 0 Å². The number of nitriles is 1. The first-order valence-electron chi connectivity index (χ1n) is 4.02. The Bertz CT molecular complexity index is 473. The number of hydrogen-bond acceptors (Lipinski definition) is 4. The predicted octanol–water partition coefficient (Wildman–Crippen LogP) is 1.41. The van der Waals surface area contributed by atoms with Gasteiger partial charge in [0.1, 0.15) is 5.69 Å². The Kier molecular flexibility index (Phi) is 2.15. The number of hydrogen-bond donors (Lipinski definition) is 0. The summed E-state index contributed by atoms with van der Waals surface area (Å²) < 4.78 is 0. The van der Waals surface area contributed by atoms with Gasteiger partial charge in [-0.2, -0.15) is 5.26 Å². The van der Waals surface area contributed by atoms with E-state index >= 15 is 0 Å². The molecule has 0 aliphatic carbocycles. The van der Waals surface area contributed by atoms with Gasteiger partial charge in [0.15, 0.2) is 0 Å². The molecule has 0 N–H and O–H groups in total. The van der Waals surface area contributed by atoms with Crippen molar-refractivity contribution in [3.8, 4) is 17.5 Å². The van der Waals surface area contributed by atoms with Gasteiger partial charge in [-0.15, -0.1) is 0 Å². The van der Waals surface area contributed by atoms with E-state index in [4.69, 9.17) is 5.26 Å². The lowest BCUT2D eigenvalue weighted by molar-refractivity contribution is 1.17. The second-order valence-electron chi connectivity index (χ2n) is 2.63. The van der Waals surface area contributed by atoms with Crippen LogP contribution in [0, 0.1) is 11.3 Å². The monoisotopic (exact) mass is 182 g/mol. The molecule has 2 rings (SSSR count). The van der Waals surface area contributed by atoms with Crippen molar-refractivity contribution in [2.24, 2.45) is 0 Å². The maximum absolute atomic E-state index is 8.70. The normalized spacial score (nSPS) is 9.36. The SMILES string of the molecule is N#Cc1ccnc(-c2cnccn2)c1. The summed E-state index contributed by atoms with van der Waals surface area (Å²) in [5, 5.41) is 8.70. The highest BCUT2D eigenvalue weighted by Gasteiger charge is 2.00. The molecule has 0 amide bonds. The highest BCUT2D eigenvalue weighted by Crippen LogP contribution is 2.12.